The van der Waals surface area contributed by atoms with Crippen LogP contribution in [0.15, 0.2) is 12.1 Å². The highest BCUT2D eigenvalue weighted by Gasteiger charge is 2.06. The molecule has 0 spiro atoms. The van der Waals surface area contributed by atoms with Crippen molar-refractivity contribution in [2.24, 2.45) is 5.73 Å². The van der Waals surface area contributed by atoms with Crippen LogP contribution >= 0.6 is 47.2 Å². The molecule has 1 aromatic carbocycles. The van der Waals surface area contributed by atoms with Crippen molar-refractivity contribution in [3.63, 3.8) is 0 Å². The predicted octanol–water partition coefficient (Wildman–Crippen LogP) is 3.96. The van der Waals surface area contributed by atoms with Crippen molar-refractivity contribution in [3.8, 4) is 0 Å². The van der Waals surface area contributed by atoms with Crippen LogP contribution in [-0.4, -0.2) is 6.54 Å². The zero-order valence-electron chi connectivity index (χ0n) is 7.40. The molecule has 0 aliphatic heterocycles. The second kappa shape index (κ2) is 6.76. The van der Waals surface area contributed by atoms with Crippen LogP contribution in [0.2, 0.25) is 15.1 Å². The summed E-state index contributed by atoms with van der Waals surface area (Å²) in [6.45, 7) is 0.634. The molecule has 0 aliphatic carbocycles. The van der Waals surface area contributed by atoms with Gasteiger partial charge in [0.1, 0.15) is 0 Å². The van der Waals surface area contributed by atoms with Gasteiger partial charge in [-0.3, -0.25) is 0 Å². The second-order valence-corrected chi connectivity index (χ2v) is 3.99. The van der Waals surface area contributed by atoms with Gasteiger partial charge in [-0.1, -0.05) is 34.8 Å². The minimum atomic E-state index is 0. The summed E-state index contributed by atoms with van der Waals surface area (Å²) >= 11 is 17.7. The Morgan fingerprint density at radius 2 is 1.57 bits per heavy atom. The SMILES string of the molecule is Cl.NCCCc1c(Cl)cc(Cl)cc1Cl. The fourth-order valence-electron chi connectivity index (χ4n) is 1.09. The average Bonchev–Trinajstić information content (AvgIpc) is 2.02. The number of rotatable bonds is 3. The molecule has 0 saturated carbocycles. The molecule has 0 saturated heterocycles. The van der Waals surface area contributed by atoms with Crippen molar-refractivity contribution >= 4 is 47.2 Å². The Hall–Kier alpha value is 0.340. The Bertz CT molecular complexity index is 278. The van der Waals surface area contributed by atoms with E-state index in [0.29, 0.717) is 21.6 Å². The molecule has 80 valence electrons. The second-order valence-electron chi connectivity index (χ2n) is 2.74. The minimum absolute atomic E-state index is 0. The first kappa shape index (κ1) is 14.3. The molecule has 5 heteroatoms. The van der Waals surface area contributed by atoms with E-state index in [1.165, 1.54) is 0 Å². The summed E-state index contributed by atoms with van der Waals surface area (Å²) in [5.41, 5.74) is 6.32. The van der Waals surface area contributed by atoms with E-state index < -0.39 is 0 Å². The normalized spacial score (nSPS) is 9.71. The molecule has 2 N–H and O–H groups in total. The Kier molecular flexibility index (Phi) is 6.92. The van der Waals surface area contributed by atoms with Crippen LogP contribution < -0.4 is 5.73 Å². The largest absolute Gasteiger partial charge is 0.330 e. The number of nitrogens with two attached hydrogens (primary N) is 1. The summed E-state index contributed by atoms with van der Waals surface area (Å²) in [7, 11) is 0. The van der Waals surface area contributed by atoms with Crippen LogP contribution in [0.5, 0.6) is 0 Å². The van der Waals surface area contributed by atoms with Crippen LogP contribution in [0.3, 0.4) is 0 Å². The van der Waals surface area contributed by atoms with Gasteiger partial charge in [-0.05, 0) is 37.1 Å². The molecule has 0 fully saturated rings. The molecule has 0 amide bonds. The van der Waals surface area contributed by atoms with E-state index in [0.717, 1.165) is 18.4 Å². The number of hydrogen-bond acceptors (Lipinski definition) is 1. The highest BCUT2D eigenvalue weighted by molar-refractivity contribution is 6.39. The van der Waals surface area contributed by atoms with Crippen LogP contribution in [0, 0.1) is 0 Å². The molecule has 1 rings (SSSR count). The Morgan fingerprint density at radius 3 is 2.00 bits per heavy atom. The lowest BCUT2D eigenvalue weighted by Gasteiger charge is -2.06. The molecular formula is C9H11Cl4N. The molecule has 0 atom stereocenters. The zero-order valence-corrected chi connectivity index (χ0v) is 10.5. The van der Waals surface area contributed by atoms with Crippen molar-refractivity contribution < 1.29 is 0 Å². The van der Waals surface area contributed by atoms with E-state index in [4.69, 9.17) is 40.5 Å². The molecule has 0 heterocycles. The van der Waals surface area contributed by atoms with E-state index in [1.54, 1.807) is 12.1 Å². The zero-order chi connectivity index (χ0) is 9.84. The third-order valence-corrected chi connectivity index (χ3v) is 2.63. The molecule has 0 radical (unpaired) electrons. The lowest BCUT2D eigenvalue weighted by molar-refractivity contribution is 0.833. The monoisotopic (exact) mass is 273 g/mol. The predicted molar refractivity (Wildman–Crippen MR) is 66.1 cm³/mol. The molecule has 1 nitrogen and oxygen atoms in total. The molecule has 0 unspecified atom stereocenters. The molecule has 1 aromatic rings. The fourth-order valence-corrected chi connectivity index (χ4v) is 2.10. The van der Waals surface area contributed by atoms with Crippen molar-refractivity contribution in [1.29, 1.82) is 0 Å². The topological polar surface area (TPSA) is 26.0 Å². The van der Waals surface area contributed by atoms with Gasteiger partial charge in [0.25, 0.3) is 0 Å². The van der Waals surface area contributed by atoms with Gasteiger partial charge in [0, 0.05) is 15.1 Å². The van der Waals surface area contributed by atoms with E-state index >= 15 is 0 Å². The first-order valence-corrected chi connectivity index (χ1v) is 5.12. The van der Waals surface area contributed by atoms with Gasteiger partial charge in [0.05, 0.1) is 0 Å². The lowest BCUT2D eigenvalue weighted by Crippen LogP contribution is -2.01. The average molecular weight is 275 g/mol. The fraction of sp³-hybridized carbons (Fsp3) is 0.333. The van der Waals surface area contributed by atoms with Crippen LogP contribution in [0.4, 0.5) is 0 Å². The Labute approximate surface area is 105 Å². The van der Waals surface area contributed by atoms with Crippen molar-refractivity contribution in [2.45, 2.75) is 12.8 Å². The molecule has 0 bridgehead atoms. The maximum absolute atomic E-state index is 5.96. The van der Waals surface area contributed by atoms with Gasteiger partial charge in [-0.2, -0.15) is 0 Å². The van der Waals surface area contributed by atoms with Crippen LogP contribution in [-0.2, 0) is 6.42 Å². The van der Waals surface area contributed by atoms with E-state index in [2.05, 4.69) is 0 Å². The van der Waals surface area contributed by atoms with Crippen LogP contribution in [0.1, 0.15) is 12.0 Å². The van der Waals surface area contributed by atoms with Crippen molar-refractivity contribution in [1.82, 2.24) is 0 Å². The summed E-state index contributed by atoms with van der Waals surface area (Å²) in [6, 6.07) is 3.39. The van der Waals surface area contributed by atoms with E-state index in [9.17, 15) is 0 Å². The number of hydrogen-bond donors (Lipinski definition) is 1. The maximum Gasteiger partial charge on any atom is 0.0467 e. The third-order valence-electron chi connectivity index (χ3n) is 1.74. The molecule has 14 heavy (non-hydrogen) atoms. The van der Waals surface area contributed by atoms with E-state index in [-0.39, 0.29) is 12.4 Å². The number of halogens is 4. The van der Waals surface area contributed by atoms with Gasteiger partial charge in [-0.25, -0.2) is 0 Å². The highest BCUT2D eigenvalue weighted by Crippen LogP contribution is 2.29. The lowest BCUT2D eigenvalue weighted by atomic mass is 10.1. The number of benzene rings is 1. The van der Waals surface area contributed by atoms with Crippen molar-refractivity contribution in [2.75, 3.05) is 6.54 Å². The van der Waals surface area contributed by atoms with Crippen LogP contribution in [0.25, 0.3) is 0 Å². The minimum Gasteiger partial charge on any atom is -0.330 e. The first-order chi connectivity index (χ1) is 6.15. The van der Waals surface area contributed by atoms with Gasteiger partial charge in [0.15, 0.2) is 0 Å². The molecular weight excluding hydrogens is 264 g/mol. The summed E-state index contributed by atoms with van der Waals surface area (Å²) in [5.74, 6) is 0. The van der Waals surface area contributed by atoms with Gasteiger partial charge in [-0.15, -0.1) is 12.4 Å². The maximum atomic E-state index is 5.96. The standard InChI is InChI=1S/C9H10Cl3N.ClH/c10-6-4-8(11)7(2-1-3-13)9(12)5-6;/h4-5H,1-3,13H2;1H. The summed E-state index contributed by atoms with van der Waals surface area (Å²) in [4.78, 5) is 0. The van der Waals surface area contributed by atoms with Gasteiger partial charge >= 0.3 is 0 Å². The summed E-state index contributed by atoms with van der Waals surface area (Å²) < 4.78 is 0. The van der Waals surface area contributed by atoms with E-state index in [1.807, 2.05) is 0 Å². The highest BCUT2D eigenvalue weighted by atomic mass is 35.5. The Balaban J connectivity index is 0.00000169. The summed E-state index contributed by atoms with van der Waals surface area (Å²) in [5, 5.41) is 1.79. The summed E-state index contributed by atoms with van der Waals surface area (Å²) in [6.07, 6.45) is 1.67. The van der Waals surface area contributed by atoms with Crippen molar-refractivity contribution in [3.05, 3.63) is 32.8 Å². The quantitative estimate of drug-likeness (QED) is 0.887. The van der Waals surface area contributed by atoms with Gasteiger partial charge in [0.2, 0.25) is 0 Å². The van der Waals surface area contributed by atoms with Gasteiger partial charge < -0.3 is 5.73 Å². The Morgan fingerprint density at radius 1 is 1.07 bits per heavy atom. The smallest absolute Gasteiger partial charge is 0.0467 e. The first-order valence-electron chi connectivity index (χ1n) is 3.98. The molecule has 0 aromatic heterocycles. The third kappa shape index (κ3) is 3.84. The molecule has 0 aliphatic rings.